The normalized spacial score (nSPS) is 11.7. The molecule has 0 radical (unpaired) electrons. The maximum Gasteiger partial charge on any atom is 0.251 e. The summed E-state index contributed by atoms with van der Waals surface area (Å²) >= 11 is 12.7. The Balaban J connectivity index is 2.35. The third kappa shape index (κ3) is 5.60. The van der Waals surface area contributed by atoms with Crippen molar-refractivity contribution in [2.45, 2.75) is 38.3 Å². The van der Waals surface area contributed by atoms with Crippen molar-refractivity contribution in [2.75, 3.05) is 0 Å². The maximum atomic E-state index is 6.37. The summed E-state index contributed by atoms with van der Waals surface area (Å²) in [5, 5.41) is 0. The van der Waals surface area contributed by atoms with Crippen molar-refractivity contribution in [1.29, 1.82) is 0 Å². The Morgan fingerprint density at radius 2 is 1.73 bits per heavy atom. The Kier molecular flexibility index (Phi) is 5.73. The van der Waals surface area contributed by atoms with Gasteiger partial charge in [0.1, 0.15) is 0 Å². The van der Waals surface area contributed by atoms with Gasteiger partial charge in [0, 0.05) is 0 Å². The summed E-state index contributed by atoms with van der Waals surface area (Å²) in [7, 11) is 0. The van der Waals surface area contributed by atoms with Crippen LogP contribution in [0.1, 0.15) is 25.3 Å². The van der Waals surface area contributed by atoms with Crippen LogP contribution in [-0.4, -0.2) is 6.69 Å². The fourth-order valence-electron chi connectivity index (χ4n) is 1.53. The molecule has 0 fully saturated rings. The molecule has 0 bridgehead atoms. The maximum absolute atomic E-state index is 6.37. The van der Waals surface area contributed by atoms with E-state index < -0.39 is 6.69 Å². The van der Waals surface area contributed by atoms with Gasteiger partial charge in [0.25, 0.3) is 6.69 Å². The Hall–Kier alpha value is 0.0169. The van der Waals surface area contributed by atoms with Crippen LogP contribution in [0, 0.1) is 0 Å². The minimum atomic E-state index is -1.96. The Morgan fingerprint density at radius 1 is 1.07 bits per heavy atom. The lowest BCUT2D eigenvalue weighted by atomic mass is 10.2. The highest BCUT2D eigenvalue weighted by molar-refractivity contribution is 7.45. The van der Waals surface area contributed by atoms with Gasteiger partial charge in [-0.2, -0.15) is 0 Å². The summed E-state index contributed by atoms with van der Waals surface area (Å²) in [6.07, 6.45) is 3.36. The molecular formula is C12H18Cl2Si. The van der Waals surface area contributed by atoms with Gasteiger partial charge in [-0.15, -0.1) is 22.2 Å². The highest BCUT2D eigenvalue weighted by Gasteiger charge is 2.26. The second-order valence-electron chi connectivity index (χ2n) is 3.95. The first-order valence-corrected chi connectivity index (χ1v) is 9.99. The molecule has 3 heteroatoms. The van der Waals surface area contributed by atoms with Gasteiger partial charge in [0.05, 0.1) is 0 Å². The lowest BCUT2D eigenvalue weighted by Crippen LogP contribution is -2.19. The summed E-state index contributed by atoms with van der Waals surface area (Å²) in [5.41, 5.74) is 1.34. The van der Waals surface area contributed by atoms with Gasteiger partial charge in [-0.25, -0.2) is 0 Å². The summed E-state index contributed by atoms with van der Waals surface area (Å²) in [6, 6.07) is 12.4. The standard InChI is InChI=1S/C12H18Cl2Si/c1-2-3-10-15(13,14)11-9-12-7-5-4-6-8-12/h4-8H,2-3,9-11H2,1H3. The zero-order valence-corrected chi connectivity index (χ0v) is 11.7. The Bertz CT molecular complexity index is 272. The monoisotopic (exact) mass is 260 g/mol. The van der Waals surface area contributed by atoms with Crippen molar-refractivity contribution < 1.29 is 0 Å². The average Bonchev–Trinajstić information content (AvgIpc) is 2.25. The molecule has 0 aliphatic rings. The fraction of sp³-hybridized carbons (Fsp3) is 0.500. The SMILES string of the molecule is CCCC[Si](Cl)(Cl)CCc1ccccc1. The summed E-state index contributed by atoms with van der Waals surface area (Å²) in [6.45, 7) is 0.213. The quantitative estimate of drug-likeness (QED) is 0.502. The average molecular weight is 261 g/mol. The number of hydrogen-bond acceptors (Lipinski definition) is 0. The molecule has 0 aliphatic heterocycles. The van der Waals surface area contributed by atoms with Crippen LogP contribution in [-0.2, 0) is 6.42 Å². The largest absolute Gasteiger partial charge is 0.251 e. The molecule has 0 unspecified atom stereocenters. The molecule has 0 heterocycles. The summed E-state index contributed by atoms with van der Waals surface area (Å²) < 4.78 is 0. The molecule has 0 nitrogen and oxygen atoms in total. The van der Waals surface area contributed by atoms with Crippen molar-refractivity contribution >= 4 is 28.9 Å². The van der Waals surface area contributed by atoms with Crippen LogP contribution < -0.4 is 0 Å². The zero-order valence-electron chi connectivity index (χ0n) is 9.18. The number of rotatable bonds is 6. The molecule has 0 N–H and O–H groups in total. The van der Waals surface area contributed by atoms with E-state index in [4.69, 9.17) is 22.2 Å². The molecule has 1 rings (SSSR count). The van der Waals surface area contributed by atoms with E-state index in [1.807, 2.05) is 6.07 Å². The van der Waals surface area contributed by atoms with E-state index in [9.17, 15) is 0 Å². The first kappa shape index (κ1) is 13.1. The zero-order chi connectivity index (χ0) is 11.1. The molecule has 0 spiro atoms. The van der Waals surface area contributed by atoms with Crippen LogP contribution in [0.5, 0.6) is 0 Å². The van der Waals surface area contributed by atoms with Gasteiger partial charge in [0.15, 0.2) is 0 Å². The van der Waals surface area contributed by atoms with Gasteiger partial charge in [-0.1, -0.05) is 50.1 Å². The highest BCUT2D eigenvalue weighted by Crippen LogP contribution is 2.29. The molecule has 0 atom stereocenters. The first-order valence-electron chi connectivity index (χ1n) is 5.56. The topological polar surface area (TPSA) is 0 Å². The smallest absolute Gasteiger partial charge is 0.146 e. The minimum Gasteiger partial charge on any atom is -0.146 e. The summed E-state index contributed by atoms with van der Waals surface area (Å²) in [5.74, 6) is 0. The van der Waals surface area contributed by atoms with Crippen LogP contribution in [0.25, 0.3) is 0 Å². The van der Waals surface area contributed by atoms with E-state index in [1.165, 1.54) is 12.0 Å². The number of unbranched alkanes of at least 4 members (excludes halogenated alkanes) is 1. The lowest BCUT2D eigenvalue weighted by molar-refractivity contribution is 0.871. The second-order valence-corrected chi connectivity index (χ2v) is 11.6. The van der Waals surface area contributed by atoms with Crippen molar-refractivity contribution in [2.24, 2.45) is 0 Å². The predicted octanol–water partition coefficient (Wildman–Crippen LogP) is 4.95. The van der Waals surface area contributed by atoms with Gasteiger partial charge < -0.3 is 0 Å². The van der Waals surface area contributed by atoms with Crippen molar-refractivity contribution in [3.63, 3.8) is 0 Å². The van der Waals surface area contributed by atoms with Crippen LogP contribution in [0.15, 0.2) is 30.3 Å². The Morgan fingerprint density at radius 3 is 2.33 bits per heavy atom. The Labute approximate surface area is 103 Å². The van der Waals surface area contributed by atoms with Crippen LogP contribution in [0.3, 0.4) is 0 Å². The summed E-state index contributed by atoms with van der Waals surface area (Å²) in [4.78, 5) is 0. The van der Waals surface area contributed by atoms with E-state index in [2.05, 4.69) is 31.2 Å². The molecule has 84 valence electrons. The van der Waals surface area contributed by atoms with E-state index in [-0.39, 0.29) is 0 Å². The molecule has 0 saturated heterocycles. The molecule has 0 amide bonds. The molecular weight excluding hydrogens is 243 g/mol. The van der Waals surface area contributed by atoms with Crippen LogP contribution >= 0.6 is 22.2 Å². The van der Waals surface area contributed by atoms with E-state index >= 15 is 0 Å². The van der Waals surface area contributed by atoms with E-state index in [1.54, 1.807) is 0 Å². The lowest BCUT2D eigenvalue weighted by Gasteiger charge is -2.15. The highest BCUT2D eigenvalue weighted by atomic mass is 35.7. The van der Waals surface area contributed by atoms with Crippen molar-refractivity contribution in [1.82, 2.24) is 0 Å². The molecule has 1 aromatic rings. The first-order chi connectivity index (χ1) is 7.14. The molecule has 1 aromatic carbocycles. The van der Waals surface area contributed by atoms with Gasteiger partial charge in [-0.05, 0) is 24.1 Å². The third-order valence-electron chi connectivity index (χ3n) is 2.52. The molecule has 0 aliphatic carbocycles. The van der Waals surface area contributed by atoms with Crippen LogP contribution in [0.2, 0.25) is 12.1 Å². The van der Waals surface area contributed by atoms with Crippen molar-refractivity contribution in [3.05, 3.63) is 35.9 Å². The van der Waals surface area contributed by atoms with Crippen molar-refractivity contribution in [3.8, 4) is 0 Å². The van der Waals surface area contributed by atoms with E-state index in [0.717, 1.165) is 24.9 Å². The minimum absolute atomic E-state index is 0.972. The second kappa shape index (κ2) is 6.57. The van der Waals surface area contributed by atoms with Gasteiger partial charge >= 0.3 is 0 Å². The fourth-order valence-corrected chi connectivity index (χ4v) is 4.68. The number of aryl methyl sites for hydroxylation is 1. The van der Waals surface area contributed by atoms with E-state index in [0.29, 0.717) is 0 Å². The molecule has 15 heavy (non-hydrogen) atoms. The number of hydrogen-bond donors (Lipinski definition) is 0. The third-order valence-corrected chi connectivity index (χ3v) is 6.85. The number of benzene rings is 1. The van der Waals surface area contributed by atoms with Crippen LogP contribution in [0.4, 0.5) is 0 Å². The molecule has 0 aromatic heterocycles. The predicted molar refractivity (Wildman–Crippen MR) is 72.1 cm³/mol. The number of halogens is 2. The molecule has 0 saturated carbocycles. The van der Waals surface area contributed by atoms with Gasteiger partial charge in [0.2, 0.25) is 0 Å². The van der Waals surface area contributed by atoms with Gasteiger partial charge in [-0.3, -0.25) is 0 Å².